The molecule has 0 aliphatic heterocycles. The normalized spacial score (nSPS) is 19.6. The van der Waals surface area contributed by atoms with Crippen molar-refractivity contribution in [3.63, 3.8) is 0 Å². The van der Waals surface area contributed by atoms with E-state index >= 15 is 0 Å². The fraction of sp³-hybridized carbons (Fsp3) is 0.565. The molecule has 0 saturated heterocycles. The van der Waals surface area contributed by atoms with Crippen LogP contribution in [0.3, 0.4) is 0 Å². The van der Waals surface area contributed by atoms with E-state index < -0.39 is 21.9 Å². The number of nitrogens with zero attached hydrogens (tertiary/aromatic N) is 5. The number of aromatic nitrogens is 5. The van der Waals surface area contributed by atoms with Crippen LogP contribution in [0.4, 0.5) is 29.9 Å². The third kappa shape index (κ3) is 5.41. The summed E-state index contributed by atoms with van der Waals surface area (Å²) < 4.78 is 71.9. The van der Waals surface area contributed by atoms with Crippen molar-refractivity contribution < 1.29 is 26.4 Å². The number of aryl methyl sites for hydroxylation is 2. The van der Waals surface area contributed by atoms with E-state index in [1.165, 1.54) is 24.7 Å². The molecule has 0 radical (unpaired) electrons. The molecule has 3 aromatic rings. The zero-order chi connectivity index (χ0) is 27.5. The van der Waals surface area contributed by atoms with Gasteiger partial charge in [-0.25, -0.2) is 13.1 Å². The maximum Gasteiger partial charge on any atom is 0.435 e. The lowest BCUT2D eigenvalue weighted by molar-refractivity contribution is -0.141. The lowest BCUT2D eigenvalue weighted by Gasteiger charge is -2.25. The molecule has 3 N–H and O–H groups in total. The third-order valence-corrected chi connectivity index (χ3v) is 10.1. The van der Waals surface area contributed by atoms with Gasteiger partial charge in [-0.2, -0.15) is 18.3 Å². The molecule has 3 heterocycles. The minimum absolute atomic E-state index is 0.0811. The number of hydrogen-bond donors (Lipinski definition) is 3. The molecule has 6 rings (SSSR count). The maximum absolute atomic E-state index is 13.5. The van der Waals surface area contributed by atoms with Crippen molar-refractivity contribution in [2.75, 3.05) is 17.2 Å². The van der Waals surface area contributed by atoms with Crippen LogP contribution in [-0.2, 0) is 40.9 Å². The lowest BCUT2D eigenvalue weighted by atomic mass is 9.94. The average molecular weight is 585 g/mol. The molecule has 3 aliphatic rings. The van der Waals surface area contributed by atoms with Crippen molar-refractivity contribution in [1.29, 1.82) is 0 Å². The molecular formula is C23H27F3N8O3S2. The maximum atomic E-state index is 13.5. The molecule has 0 aromatic carbocycles. The fourth-order valence-corrected chi connectivity index (χ4v) is 7.85. The molecule has 1 atom stereocenters. The second-order valence-corrected chi connectivity index (χ2v) is 13.1. The van der Waals surface area contributed by atoms with Crippen molar-refractivity contribution >= 4 is 44.0 Å². The van der Waals surface area contributed by atoms with E-state index in [1.54, 1.807) is 4.57 Å². The SMILES string of the molecule is Cn1nc(C(F)(F)F)cc1Nc1nncn1[C@H]1CCc2sc(NC(=O)C3CC3)c(S(=O)(=O)NCC3CC3)c2C1. The largest absolute Gasteiger partial charge is 0.435 e. The Kier molecular flexibility index (Phi) is 6.45. The molecule has 0 bridgehead atoms. The highest BCUT2D eigenvalue weighted by Gasteiger charge is 2.38. The van der Waals surface area contributed by atoms with E-state index in [0.29, 0.717) is 42.3 Å². The molecule has 16 heteroatoms. The molecule has 210 valence electrons. The van der Waals surface area contributed by atoms with Gasteiger partial charge in [0.1, 0.15) is 22.0 Å². The first-order valence-electron chi connectivity index (χ1n) is 12.7. The Morgan fingerprint density at radius 3 is 2.64 bits per heavy atom. The number of alkyl halides is 3. The van der Waals surface area contributed by atoms with Crippen LogP contribution < -0.4 is 15.4 Å². The summed E-state index contributed by atoms with van der Waals surface area (Å²) in [7, 11) is -2.50. The summed E-state index contributed by atoms with van der Waals surface area (Å²) in [5, 5.41) is 17.6. The average Bonchev–Trinajstić information content (AvgIpc) is 3.78. The summed E-state index contributed by atoms with van der Waals surface area (Å²) in [6, 6.07) is 0.631. The first kappa shape index (κ1) is 26.3. The van der Waals surface area contributed by atoms with Gasteiger partial charge in [-0.1, -0.05) is 0 Å². The number of sulfonamides is 1. The Bertz CT molecular complexity index is 1520. The Labute approximate surface area is 226 Å². The summed E-state index contributed by atoms with van der Waals surface area (Å²) in [4.78, 5) is 13.6. The van der Waals surface area contributed by atoms with Gasteiger partial charge in [0.2, 0.25) is 21.9 Å². The van der Waals surface area contributed by atoms with Crippen molar-refractivity contribution in [1.82, 2.24) is 29.3 Å². The molecule has 2 saturated carbocycles. The molecule has 3 aliphatic carbocycles. The van der Waals surface area contributed by atoms with Gasteiger partial charge in [-0.15, -0.1) is 21.5 Å². The molecular weight excluding hydrogens is 557 g/mol. The molecule has 2 fully saturated rings. The minimum Gasteiger partial charge on any atom is -0.316 e. The van der Waals surface area contributed by atoms with Crippen LogP contribution in [0, 0.1) is 11.8 Å². The summed E-state index contributed by atoms with van der Waals surface area (Å²) in [6.07, 6.45) is 1.98. The van der Waals surface area contributed by atoms with Gasteiger partial charge in [0.15, 0.2) is 5.69 Å². The van der Waals surface area contributed by atoms with E-state index in [2.05, 4.69) is 30.7 Å². The monoisotopic (exact) mass is 584 g/mol. The van der Waals surface area contributed by atoms with E-state index in [4.69, 9.17) is 0 Å². The highest BCUT2D eigenvalue weighted by Crippen LogP contribution is 2.45. The van der Waals surface area contributed by atoms with E-state index in [9.17, 15) is 26.4 Å². The topological polar surface area (TPSA) is 136 Å². The number of nitrogens with one attached hydrogen (secondary N) is 3. The Morgan fingerprint density at radius 1 is 1.21 bits per heavy atom. The smallest absolute Gasteiger partial charge is 0.316 e. The van der Waals surface area contributed by atoms with Gasteiger partial charge in [0.25, 0.3) is 0 Å². The quantitative estimate of drug-likeness (QED) is 0.350. The second kappa shape index (κ2) is 9.59. The van der Waals surface area contributed by atoms with Crippen LogP contribution in [0.15, 0.2) is 17.3 Å². The van der Waals surface area contributed by atoms with Crippen molar-refractivity contribution in [3.05, 3.63) is 28.5 Å². The van der Waals surface area contributed by atoms with E-state index in [0.717, 1.165) is 41.3 Å². The molecule has 0 unspecified atom stereocenters. The molecule has 11 nitrogen and oxygen atoms in total. The lowest BCUT2D eigenvalue weighted by Crippen LogP contribution is -2.28. The van der Waals surface area contributed by atoms with Crippen molar-refractivity contribution in [3.8, 4) is 0 Å². The number of carbonyl (C=O) groups is 1. The molecule has 3 aromatic heterocycles. The predicted molar refractivity (Wildman–Crippen MR) is 136 cm³/mol. The van der Waals surface area contributed by atoms with E-state index in [-0.39, 0.29) is 34.5 Å². The number of amides is 1. The van der Waals surface area contributed by atoms with Crippen LogP contribution in [0.1, 0.15) is 54.3 Å². The van der Waals surface area contributed by atoms with Crippen LogP contribution >= 0.6 is 11.3 Å². The number of halogens is 3. The van der Waals surface area contributed by atoms with Crippen LogP contribution in [0.25, 0.3) is 0 Å². The first-order chi connectivity index (χ1) is 18.5. The number of hydrogen-bond acceptors (Lipinski definition) is 8. The highest BCUT2D eigenvalue weighted by molar-refractivity contribution is 7.90. The van der Waals surface area contributed by atoms with Gasteiger partial charge >= 0.3 is 6.18 Å². The third-order valence-electron chi connectivity index (χ3n) is 7.28. The number of thiophene rings is 1. The van der Waals surface area contributed by atoms with Crippen molar-refractivity contribution in [2.45, 2.75) is 62.1 Å². The Morgan fingerprint density at radius 2 is 1.97 bits per heavy atom. The number of anilines is 3. The standard InChI is InChI=1S/C23H27F3N8O3S2/c1-33-18(9-17(32-33)23(24,25)26)29-22-31-27-11-34(22)14-6-7-16-15(8-14)19(39(36,37)28-10-12-2-3-12)21(38-16)30-20(35)13-4-5-13/h9,11-14,28H,2-8,10H2,1H3,(H,29,31)(H,30,35)/t14-/m0/s1. The molecule has 1 amide bonds. The fourth-order valence-electron chi connectivity index (χ4n) is 4.76. The summed E-state index contributed by atoms with van der Waals surface area (Å²) in [6.45, 7) is 0.358. The summed E-state index contributed by atoms with van der Waals surface area (Å²) in [5.74, 6) is 0.392. The second-order valence-electron chi connectivity index (χ2n) is 10.3. The first-order valence-corrected chi connectivity index (χ1v) is 15.0. The number of fused-ring (bicyclic) bond motifs is 1. The predicted octanol–water partition coefficient (Wildman–Crippen LogP) is 3.60. The zero-order valence-electron chi connectivity index (χ0n) is 21.0. The van der Waals surface area contributed by atoms with Crippen molar-refractivity contribution in [2.24, 2.45) is 18.9 Å². The summed E-state index contributed by atoms with van der Waals surface area (Å²) in [5.41, 5.74) is -0.390. The Balaban J connectivity index is 1.29. The highest BCUT2D eigenvalue weighted by atomic mass is 32.2. The zero-order valence-corrected chi connectivity index (χ0v) is 22.6. The molecule has 39 heavy (non-hydrogen) atoms. The van der Waals surface area contributed by atoms with Gasteiger partial charge < -0.3 is 10.6 Å². The minimum atomic E-state index is -4.59. The van der Waals surface area contributed by atoms with Crippen LogP contribution in [0.5, 0.6) is 0 Å². The van der Waals surface area contributed by atoms with E-state index in [1.807, 2.05) is 0 Å². The summed E-state index contributed by atoms with van der Waals surface area (Å²) >= 11 is 1.30. The number of rotatable bonds is 9. The van der Waals surface area contributed by atoms with Crippen LogP contribution in [-0.4, -0.2) is 45.4 Å². The van der Waals surface area contributed by atoms with Gasteiger partial charge in [0.05, 0.1) is 0 Å². The number of carbonyl (C=O) groups excluding carboxylic acids is 1. The van der Waals surface area contributed by atoms with Gasteiger partial charge in [-0.05, 0) is 56.4 Å². The Hall–Kier alpha value is -2.98. The molecule has 0 spiro atoms. The van der Waals surface area contributed by atoms with Crippen LogP contribution in [0.2, 0.25) is 0 Å². The van der Waals surface area contributed by atoms with Gasteiger partial charge in [0, 0.05) is 36.5 Å². The van der Waals surface area contributed by atoms with Gasteiger partial charge in [-0.3, -0.25) is 14.0 Å².